The van der Waals surface area contributed by atoms with E-state index in [4.69, 9.17) is 16.3 Å². The Bertz CT molecular complexity index is 540. The molecule has 0 aromatic heterocycles. The van der Waals surface area contributed by atoms with Crippen LogP contribution >= 0.6 is 11.6 Å². The van der Waals surface area contributed by atoms with Gasteiger partial charge >= 0.3 is 0 Å². The lowest BCUT2D eigenvalue weighted by molar-refractivity contribution is -0.118. The molecule has 21 heavy (non-hydrogen) atoms. The van der Waals surface area contributed by atoms with E-state index in [1.165, 1.54) is 0 Å². The number of nitrogens with zero attached hydrogens (tertiary/aromatic N) is 1. The van der Waals surface area contributed by atoms with Crippen LogP contribution in [-0.4, -0.2) is 19.1 Å². The molecule has 1 aliphatic heterocycles. The zero-order chi connectivity index (χ0) is 15.2. The normalized spacial score (nSPS) is 13.2. The highest BCUT2D eigenvalue weighted by Gasteiger charge is 2.23. The van der Waals surface area contributed by atoms with Gasteiger partial charge in [-0.1, -0.05) is 37.9 Å². The van der Waals surface area contributed by atoms with E-state index < -0.39 is 0 Å². The maximum atomic E-state index is 12.4. The number of para-hydroxylation sites is 1. The Morgan fingerprint density at radius 2 is 2.14 bits per heavy atom. The van der Waals surface area contributed by atoms with Crippen molar-refractivity contribution in [1.82, 2.24) is 0 Å². The third-order valence-electron chi connectivity index (χ3n) is 3.53. The zero-order valence-corrected chi connectivity index (χ0v) is 13.4. The van der Waals surface area contributed by atoms with Crippen molar-refractivity contribution in [3.8, 4) is 5.75 Å². The van der Waals surface area contributed by atoms with Gasteiger partial charge in [0.25, 0.3) is 0 Å². The fourth-order valence-electron chi connectivity index (χ4n) is 2.43. The van der Waals surface area contributed by atoms with Crippen molar-refractivity contribution in [2.45, 2.75) is 39.5 Å². The molecule has 1 amide bonds. The van der Waals surface area contributed by atoms with Crippen LogP contribution in [0.2, 0.25) is 0 Å². The van der Waals surface area contributed by atoms with Gasteiger partial charge in [0.15, 0.2) is 5.75 Å². The number of ether oxygens (including phenoxy) is 1. The van der Waals surface area contributed by atoms with Crippen LogP contribution in [0, 0.1) is 0 Å². The zero-order valence-electron chi connectivity index (χ0n) is 12.7. The SMILES string of the molecule is CCCCN(C(=O)CCC)c1cccc2c1OCC=C2Cl. The second-order valence-corrected chi connectivity index (χ2v) is 5.57. The number of carbonyl (C=O) groups is 1. The minimum atomic E-state index is 0.147. The summed E-state index contributed by atoms with van der Waals surface area (Å²) >= 11 is 6.25. The Morgan fingerprint density at radius 3 is 2.86 bits per heavy atom. The third-order valence-corrected chi connectivity index (χ3v) is 3.89. The van der Waals surface area contributed by atoms with Gasteiger partial charge in [0.05, 0.1) is 10.7 Å². The summed E-state index contributed by atoms with van der Waals surface area (Å²) in [4.78, 5) is 14.3. The molecule has 3 nitrogen and oxygen atoms in total. The lowest BCUT2D eigenvalue weighted by Crippen LogP contribution is -2.32. The minimum Gasteiger partial charge on any atom is -0.487 e. The Labute approximate surface area is 131 Å². The number of unbranched alkanes of at least 4 members (excludes halogenated alkanes) is 1. The monoisotopic (exact) mass is 307 g/mol. The number of carbonyl (C=O) groups excluding carboxylic acids is 1. The van der Waals surface area contributed by atoms with Crippen LogP contribution in [0.3, 0.4) is 0 Å². The first-order chi connectivity index (χ1) is 10.2. The maximum absolute atomic E-state index is 12.4. The predicted octanol–water partition coefficient (Wildman–Crippen LogP) is 4.59. The van der Waals surface area contributed by atoms with Crippen molar-refractivity contribution in [1.29, 1.82) is 0 Å². The van der Waals surface area contributed by atoms with Gasteiger partial charge in [0, 0.05) is 18.5 Å². The summed E-state index contributed by atoms with van der Waals surface area (Å²) in [6.07, 6.45) is 5.27. The highest BCUT2D eigenvalue weighted by molar-refractivity contribution is 6.49. The largest absolute Gasteiger partial charge is 0.487 e. The van der Waals surface area contributed by atoms with E-state index in [1.807, 2.05) is 36.1 Å². The van der Waals surface area contributed by atoms with E-state index in [-0.39, 0.29) is 5.91 Å². The molecule has 1 aromatic carbocycles. The molecular weight excluding hydrogens is 286 g/mol. The first kappa shape index (κ1) is 15.9. The fraction of sp³-hybridized carbons (Fsp3) is 0.471. The number of fused-ring (bicyclic) bond motifs is 1. The van der Waals surface area contributed by atoms with Crippen LogP contribution in [0.15, 0.2) is 24.3 Å². The summed E-state index contributed by atoms with van der Waals surface area (Å²) in [5, 5.41) is 0.691. The second-order valence-electron chi connectivity index (χ2n) is 5.17. The van der Waals surface area contributed by atoms with E-state index in [2.05, 4.69) is 6.92 Å². The van der Waals surface area contributed by atoms with E-state index in [1.54, 1.807) is 0 Å². The number of anilines is 1. The second kappa shape index (κ2) is 7.51. The highest BCUT2D eigenvalue weighted by atomic mass is 35.5. The first-order valence-corrected chi connectivity index (χ1v) is 7.99. The Balaban J connectivity index is 2.38. The van der Waals surface area contributed by atoms with Gasteiger partial charge in [0.1, 0.15) is 6.61 Å². The maximum Gasteiger partial charge on any atom is 0.227 e. The molecule has 0 radical (unpaired) electrons. The van der Waals surface area contributed by atoms with Gasteiger partial charge < -0.3 is 9.64 Å². The van der Waals surface area contributed by atoms with Crippen LogP contribution in [0.25, 0.3) is 5.03 Å². The van der Waals surface area contributed by atoms with Gasteiger partial charge in [-0.2, -0.15) is 0 Å². The molecule has 0 fully saturated rings. The number of rotatable bonds is 6. The Kier molecular flexibility index (Phi) is 5.68. The number of hydrogen-bond acceptors (Lipinski definition) is 2. The van der Waals surface area contributed by atoms with Gasteiger partial charge in [-0.15, -0.1) is 0 Å². The van der Waals surface area contributed by atoms with Gasteiger partial charge in [-0.3, -0.25) is 4.79 Å². The number of halogens is 1. The molecule has 0 spiro atoms. The summed E-state index contributed by atoms with van der Waals surface area (Å²) < 4.78 is 5.76. The molecule has 114 valence electrons. The molecule has 0 aliphatic carbocycles. The van der Waals surface area contributed by atoms with E-state index in [0.717, 1.165) is 42.8 Å². The number of amides is 1. The van der Waals surface area contributed by atoms with Crippen LogP contribution in [0.1, 0.15) is 45.1 Å². The summed E-state index contributed by atoms with van der Waals surface area (Å²) in [5.41, 5.74) is 1.71. The summed E-state index contributed by atoms with van der Waals surface area (Å²) in [7, 11) is 0. The van der Waals surface area contributed by atoms with Crippen molar-refractivity contribution in [3.05, 3.63) is 29.8 Å². The van der Waals surface area contributed by atoms with E-state index >= 15 is 0 Å². The molecule has 0 atom stereocenters. The van der Waals surface area contributed by atoms with Crippen LogP contribution in [0.5, 0.6) is 5.75 Å². The quantitative estimate of drug-likeness (QED) is 0.769. The van der Waals surface area contributed by atoms with Gasteiger partial charge in [-0.05, 0) is 31.1 Å². The molecule has 0 saturated heterocycles. The molecule has 0 N–H and O–H groups in total. The van der Waals surface area contributed by atoms with Crippen LogP contribution < -0.4 is 9.64 Å². The Hall–Kier alpha value is -1.48. The van der Waals surface area contributed by atoms with Crippen molar-refractivity contribution in [2.75, 3.05) is 18.1 Å². The topological polar surface area (TPSA) is 29.5 Å². The van der Waals surface area contributed by atoms with Crippen LogP contribution in [-0.2, 0) is 4.79 Å². The van der Waals surface area contributed by atoms with E-state index in [9.17, 15) is 4.79 Å². The summed E-state index contributed by atoms with van der Waals surface area (Å²) in [6, 6.07) is 5.80. The minimum absolute atomic E-state index is 0.147. The van der Waals surface area contributed by atoms with Gasteiger partial charge in [0.2, 0.25) is 5.91 Å². The van der Waals surface area contributed by atoms with Crippen molar-refractivity contribution >= 4 is 28.2 Å². The Morgan fingerprint density at radius 1 is 1.33 bits per heavy atom. The molecule has 0 unspecified atom stereocenters. The smallest absolute Gasteiger partial charge is 0.227 e. The molecule has 2 rings (SSSR count). The lowest BCUT2D eigenvalue weighted by atomic mass is 10.1. The lowest BCUT2D eigenvalue weighted by Gasteiger charge is -2.27. The molecule has 1 aromatic rings. The summed E-state index contributed by atoms with van der Waals surface area (Å²) in [5.74, 6) is 0.874. The van der Waals surface area contributed by atoms with Crippen molar-refractivity contribution in [3.63, 3.8) is 0 Å². The average Bonchev–Trinajstić information content (AvgIpc) is 2.49. The average molecular weight is 308 g/mol. The molecule has 0 saturated carbocycles. The van der Waals surface area contributed by atoms with Crippen molar-refractivity contribution in [2.24, 2.45) is 0 Å². The molecule has 1 aliphatic rings. The predicted molar refractivity (Wildman–Crippen MR) is 87.9 cm³/mol. The first-order valence-electron chi connectivity index (χ1n) is 7.61. The molecule has 0 bridgehead atoms. The highest BCUT2D eigenvalue weighted by Crippen LogP contribution is 2.40. The van der Waals surface area contributed by atoms with E-state index in [0.29, 0.717) is 18.1 Å². The third kappa shape index (κ3) is 3.59. The number of benzene rings is 1. The van der Waals surface area contributed by atoms with Gasteiger partial charge in [-0.25, -0.2) is 0 Å². The fourth-order valence-corrected chi connectivity index (χ4v) is 2.64. The van der Waals surface area contributed by atoms with Crippen molar-refractivity contribution < 1.29 is 9.53 Å². The number of hydrogen-bond donors (Lipinski definition) is 0. The standard InChI is InChI=1S/C17H22ClNO2/c1-3-5-11-19(16(20)7-4-2)15-9-6-8-13-14(18)10-12-21-17(13)15/h6,8-10H,3-5,7,11-12H2,1-2H3. The molecule has 4 heteroatoms. The summed E-state index contributed by atoms with van der Waals surface area (Å²) in [6.45, 7) is 5.31. The van der Waals surface area contributed by atoms with Crippen LogP contribution in [0.4, 0.5) is 5.69 Å². The molecular formula is C17H22ClNO2. The molecule has 1 heterocycles.